The van der Waals surface area contributed by atoms with Crippen molar-refractivity contribution in [3.63, 3.8) is 0 Å². The van der Waals surface area contributed by atoms with Crippen molar-refractivity contribution in [1.82, 2.24) is 9.97 Å². The zero-order chi connectivity index (χ0) is 12.3. The van der Waals surface area contributed by atoms with Gasteiger partial charge in [0.1, 0.15) is 12.1 Å². The lowest BCUT2D eigenvalue weighted by Crippen LogP contribution is -1.94. The molecular formula is C14H16N2O. The molecule has 0 bridgehead atoms. The van der Waals surface area contributed by atoms with Crippen molar-refractivity contribution < 1.29 is 5.11 Å². The highest BCUT2D eigenvalue weighted by Gasteiger charge is 2.03. The minimum Gasteiger partial charge on any atom is -0.507 e. The van der Waals surface area contributed by atoms with Gasteiger partial charge in [-0.15, -0.1) is 0 Å². The Morgan fingerprint density at radius 1 is 0.941 bits per heavy atom. The standard InChI is InChI=1S/C14H16N2O/c1-10-5-12(6-11(2)14(10)17)3-4-13-7-15-9-16-8-13/h5-9,17H,3-4H2,1-2H3. The monoisotopic (exact) mass is 228 g/mol. The fourth-order valence-electron chi connectivity index (χ4n) is 1.94. The van der Waals surface area contributed by atoms with E-state index < -0.39 is 0 Å². The Labute approximate surface area is 101 Å². The van der Waals surface area contributed by atoms with E-state index in [9.17, 15) is 5.11 Å². The predicted molar refractivity (Wildman–Crippen MR) is 67.0 cm³/mol. The van der Waals surface area contributed by atoms with Crippen molar-refractivity contribution in [2.45, 2.75) is 26.7 Å². The van der Waals surface area contributed by atoms with Gasteiger partial charge in [-0.25, -0.2) is 9.97 Å². The number of benzene rings is 1. The molecule has 2 rings (SSSR count). The number of rotatable bonds is 3. The lowest BCUT2D eigenvalue weighted by Gasteiger charge is -2.07. The number of aromatic nitrogens is 2. The summed E-state index contributed by atoms with van der Waals surface area (Å²) in [6.45, 7) is 3.86. The van der Waals surface area contributed by atoms with Crippen LogP contribution in [0.4, 0.5) is 0 Å². The Balaban J connectivity index is 2.10. The fourth-order valence-corrected chi connectivity index (χ4v) is 1.94. The number of aryl methyl sites for hydroxylation is 4. The first-order valence-corrected chi connectivity index (χ1v) is 5.70. The maximum atomic E-state index is 9.70. The zero-order valence-electron chi connectivity index (χ0n) is 10.1. The molecule has 1 aromatic heterocycles. The number of nitrogens with zero attached hydrogens (tertiary/aromatic N) is 2. The number of phenols is 1. The summed E-state index contributed by atoms with van der Waals surface area (Å²) in [6, 6.07) is 4.07. The molecule has 0 atom stereocenters. The van der Waals surface area contributed by atoms with Gasteiger partial charge in [-0.2, -0.15) is 0 Å². The van der Waals surface area contributed by atoms with Crippen molar-refractivity contribution in [3.8, 4) is 5.75 Å². The van der Waals surface area contributed by atoms with Crippen LogP contribution >= 0.6 is 0 Å². The highest BCUT2D eigenvalue weighted by Crippen LogP contribution is 2.23. The van der Waals surface area contributed by atoms with Crippen LogP contribution in [0.2, 0.25) is 0 Å². The largest absolute Gasteiger partial charge is 0.507 e. The van der Waals surface area contributed by atoms with Crippen LogP contribution in [0.15, 0.2) is 30.9 Å². The summed E-state index contributed by atoms with van der Waals surface area (Å²) in [5, 5.41) is 9.70. The van der Waals surface area contributed by atoms with Crippen molar-refractivity contribution in [2.24, 2.45) is 0 Å². The molecule has 0 saturated heterocycles. The first-order valence-electron chi connectivity index (χ1n) is 5.70. The van der Waals surface area contributed by atoms with Crippen molar-refractivity contribution in [1.29, 1.82) is 0 Å². The second-order valence-corrected chi connectivity index (χ2v) is 4.32. The maximum Gasteiger partial charge on any atom is 0.121 e. The van der Waals surface area contributed by atoms with E-state index in [-0.39, 0.29) is 0 Å². The number of aromatic hydroxyl groups is 1. The average Bonchev–Trinajstić information content (AvgIpc) is 2.34. The van der Waals surface area contributed by atoms with E-state index in [1.165, 1.54) is 5.56 Å². The van der Waals surface area contributed by atoms with E-state index >= 15 is 0 Å². The van der Waals surface area contributed by atoms with Gasteiger partial charge < -0.3 is 5.11 Å². The third-order valence-corrected chi connectivity index (χ3v) is 2.87. The van der Waals surface area contributed by atoms with Gasteiger partial charge in [-0.1, -0.05) is 12.1 Å². The molecule has 2 aromatic rings. The quantitative estimate of drug-likeness (QED) is 0.878. The molecule has 88 valence electrons. The van der Waals surface area contributed by atoms with Crippen LogP contribution in [0.25, 0.3) is 0 Å². The van der Waals surface area contributed by atoms with Crippen LogP contribution in [-0.4, -0.2) is 15.1 Å². The zero-order valence-corrected chi connectivity index (χ0v) is 10.1. The van der Waals surface area contributed by atoms with E-state index in [0.717, 1.165) is 29.5 Å². The molecule has 0 saturated carbocycles. The molecule has 0 aliphatic carbocycles. The van der Waals surface area contributed by atoms with Gasteiger partial charge in [-0.3, -0.25) is 0 Å². The number of hydrogen-bond acceptors (Lipinski definition) is 3. The molecule has 1 heterocycles. The molecule has 0 spiro atoms. The van der Waals surface area contributed by atoms with Gasteiger partial charge in [0.15, 0.2) is 0 Å². The number of phenolic OH excluding ortho intramolecular Hbond substituents is 1. The Bertz CT molecular complexity index is 486. The lowest BCUT2D eigenvalue weighted by molar-refractivity contribution is 0.466. The van der Waals surface area contributed by atoms with E-state index in [0.29, 0.717) is 5.75 Å². The third kappa shape index (κ3) is 2.81. The van der Waals surface area contributed by atoms with E-state index in [4.69, 9.17) is 0 Å². The third-order valence-electron chi connectivity index (χ3n) is 2.87. The first-order chi connectivity index (χ1) is 8.16. The van der Waals surface area contributed by atoms with E-state index in [1.807, 2.05) is 38.4 Å². The summed E-state index contributed by atoms with van der Waals surface area (Å²) in [5.41, 5.74) is 4.24. The smallest absolute Gasteiger partial charge is 0.121 e. The van der Waals surface area contributed by atoms with Crippen molar-refractivity contribution in [3.05, 3.63) is 53.1 Å². The van der Waals surface area contributed by atoms with E-state index in [2.05, 4.69) is 9.97 Å². The number of hydrogen-bond donors (Lipinski definition) is 1. The highest BCUT2D eigenvalue weighted by molar-refractivity contribution is 5.42. The molecule has 3 heteroatoms. The van der Waals surface area contributed by atoms with Crippen LogP contribution in [0.3, 0.4) is 0 Å². The minimum atomic E-state index is 0.400. The molecular weight excluding hydrogens is 212 g/mol. The molecule has 0 unspecified atom stereocenters. The van der Waals surface area contributed by atoms with Crippen LogP contribution in [0.5, 0.6) is 5.75 Å². The lowest BCUT2D eigenvalue weighted by atomic mass is 10.0. The summed E-state index contributed by atoms with van der Waals surface area (Å²) in [6.07, 6.45) is 7.08. The van der Waals surface area contributed by atoms with Gasteiger partial charge in [0.2, 0.25) is 0 Å². The SMILES string of the molecule is Cc1cc(CCc2cncnc2)cc(C)c1O. The van der Waals surface area contributed by atoms with Crippen molar-refractivity contribution >= 4 is 0 Å². The van der Waals surface area contributed by atoms with Gasteiger partial charge in [0.05, 0.1) is 0 Å². The Morgan fingerprint density at radius 2 is 1.47 bits per heavy atom. The molecule has 0 amide bonds. The highest BCUT2D eigenvalue weighted by atomic mass is 16.3. The molecule has 0 fully saturated rings. The predicted octanol–water partition coefficient (Wildman–Crippen LogP) is 2.58. The summed E-state index contributed by atoms with van der Waals surface area (Å²) in [4.78, 5) is 7.99. The Hall–Kier alpha value is -1.90. The normalized spacial score (nSPS) is 10.5. The minimum absolute atomic E-state index is 0.400. The van der Waals surface area contributed by atoms with Crippen LogP contribution in [-0.2, 0) is 12.8 Å². The Kier molecular flexibility index (Phi) is 3.38. The first kappa shape index (κ1) is 11.6. The second kappa shape index (κ2) is 4.95. The topological polar surface area (TPSA) is 46.0 Å². The van der Waals surface area contributed by atoms with Crippen LogP contribution < -0.4 is 0 Å². The maximum absolute atomic E-state index is 9.70. The van der Waals surface area contributed by atoms with Crippen LogP contribution in [0.1, 0.15) is 22.3 Å². The summed E-state index contributed by atoms with van der Waals surface area (Å²) in [5.74, 6) is 0.400. The van der Waals surface area contributed by atoms with Gasteiger partial charge >= 0.3 is 0 Å². The second-order valence-electron chi connectivity index (χ2n) is 4.32. The van der Waals surface area contributed by atoms with Gasteiger partial charge in [0, 0.05) is 12.4 Å². The summed E-state index contributed by atoms with van der Waals surface area (Å²) in [7, 11) is 0. The molecule has 3 nitrogen and oxygen atoms in total. The molecule has 1 aromatic carbocycles. The van der Waals surface area contributed by atoms with Gasteiger partial charge in [-0.05, 0) is 48.9 Å². The molecule has 17 heavy (non-hydrogen) atoms. The van der Waals surface area contributed by atoms with E-state index in [1.54, 1.807) is 6.33 Å². The fraction of sp³-hybridized carbons (Fsp3) is 0.286. The summed E-state index contributed by atoms with van der Waals surface area (Å²) >= 11 is 0. The molecule has 0 radical (unpaired) electrons. The Morgan fingerprint density at radius 3 is 2.06 bits per heavy atom. The summed E-state index contributed by atoms with van der Waals surface area (Å²) < 4.78 is 0. The molecule has 1 N–H and O–H groups in total. The van der Waals surface area contributed by atoms with Crippen molar-refractivity contribution in [2.75, 3.05) is 0 Å². The molecule has 0 aliphatic rings. The molecule has 0 aliphatic heterocycles. The average molecular weight is 228 g/mol. The van der Waals surface area contributed by atoms with Gasteiger partial charge in [0.25, 0.3) is 0 Å². The van der Waals surface area contributed by atoms with Crippen LogP contribution in [0, 0.1) is 13.8 Å².